The second-order valence-corrected chi connectivity index (χ2v) is 10.2. The number of pyridine rings is 1. The van der Waals surface area contributed by atoms with Crippen molar-refractivity contribution in [2.24, 2.45) is 0 Å². The van der Waals surface area contributed by atoms with Crippen LogP contribution in [0.4, 0.5) is 28.9 Å². The van der Waals surface area contributed by atoms with E-state index >= 15 is 4.39 Å². The summed E-state index contributed by atoms with van der Waals surface area (Å²) in [5, 5.41) is 3.11. The van der Waals surface area contributed by atoms with Gasteiger partial charge in [-0.3, -0.25) is 9.78 Å². The van der Waals surface area contributed by atoms with Crippen LogP contribution in [-0.4, -0.2) is 56.6 Å². The number of carbonyl (C=O) groups is 1. The Morgan fingerprint density at radius 2 is 1.88 bits per heavy atom. The van der Waals surface area contributed by atoms with E-state index in [4.69, 9.17) is 11.3 Å². The fourth-order valence-corrected chi connectivity index (χ4v) is 5.06. The number of piperidine rings is 1. The number of methoxy groups -OCH3 is 1. The van der Waals surface area contributed by atoms with Gasteiger partial charge in [-0.1, -0.05) is 18.2 Å². The number of ether oxygens (including phenoxy) is 1. The smallest absolute Gasteiger partial charge is 0.415 e. The molecule has 216 valence electrons. The highest BCUT2D eigenvalue weighted by Gasteiger charge is 2.39. The molecule has 1 aliphatic heterocycles. The topological polar surface area (TPSA) is 62.1 Å². The van der Waals surface area contributed by atoms with Crippen molar-refractivity contribution < 1.29 is 27.1 Å². The minimum atomic E-state index is -4.56. The van der Waals surface area contributed by atoms with E-state index in [0.717, 1.165) is 12.1 Å². The third kappa shape index (κ3) is 6.60. The summed E-state index contributed by atoms with van der Waals surface area (Å²) >= 11 is 0. The molecule has 41 heavy (non-hydrogen) atoms. The first-order chi connectivity index (χ1) is 19.5. The molecule has 3 aromatic rings. The van der Waals surface area contributed by atoms with Gasteiger partial charge in [0.1, 0.15) is 17.3 Å². The minimum absolute atomic E-state index is 0.101. The van der Waals surface area contributed by atoms with Crippen LogP contribution in [-0.2, 0) is 16.5 Å². The first-order valence-electron chi connectivity index (χ1n) is 13.1. The van der Waals surface area contributed by atoms with Gasteiger partial charge >= 0.3 is 6.18 Å². The molecule has 1 N–H and O–H groups in total. The second kappa shape index (κ2) is 12.1. The molecule has 0 unspecified atom stereocenters. The van der Waals surface area contributed by atoms with E-state index in [9.17, 15) is 18.0 Å². The maximum absolute atomic E-state index is 15.6. The number of hydrogen-bond donors (Lipinski definition) is 1. The van der Waals surface area contributed by atoms with Crippen LogP contribution in [0.1, 0.15) is 30.4 Å². The lowest BCUT2D eigenvalue weighted by molar-refractivity contribution is -0.137. The van der Waals surface area contributed by atoms with Crippen molar-refractivity contribution in [2.75, 3.05) is 45.7 Å². The third-order valence-electron chi connectivity index (χ3n) is 7.30. The molecule has 4 rings (SSSR count). The van der Waals surface area contributed by atoms with E-state index in [1.165, 1.54) is 19.2 Å². The predicted molar refractivity (Wildman–Crippen MR) is 148 cm³/mol. The average Bonchev–Trinajstić information content (AvgIpc) is 2.95. The highest BCUT2D eigenvalue weighted by atomic mass is 19.4. The quantitative estimate of drug-likeness (QED) is 0.265. The molecule has 7 nitrogen and oxygen atoms in total. The third-order valence-corrected chi connectivity index (χ3v) is 7.30. The van der Waals surface area contributed by atoms with Gasteiger partial charge in [-0.25, -0.2) is 9.24 Å². The normalized spacial score (nSPS) is 15.0. The number of alkyl halides is 3. The Balaban J connectivity index is 1.65. The predicted octanol–water partition coefficient (Wildman–Crippen LogP) is 6.03. The summed E-state index contributed by atoms with van der Waals surface area (Å²) in [5.74, 6) is -0.314. The van der Waals surface area contributed by atoms with Gasteiger partial charge < -0.3 is 19.9 Å². The van der Waals surface area contributed by atoms with Crippen molar-refractivity contribution >= 4 is 17.3 Å². The lowest BCUT2D eigenvalue weighted by Gasteiger charge is -2.44. The molecule has 0 bridgehead atoms. The van der Waals surface area contributed by atoms with E-state index in [1.807, 2.05) is 23.9 Å². The van der Waals surface area contributed by atoms with Crippen molar-refractivity contribution in [1.29, 1.82) is 0 Å². The highest BCUT2D eigenvalue weighted by molar-refractivity contribution is 5.78. The Hall–Kier alpha value is -4.17. The van der Waals surface area contributed by atoms with Crippen molar-refractivity contribution in [1.82, 2.24) is 15.2 Å². The molecule has 1 saturated heterocycles. The van der Waals surface area contributed by atoms with E-state index < -0.39 is 23.1 Å². The lowest BCUT2D eigenvalue weighted by Crippen LogP contribution is -2.53. The van der Waals surface area contributed by atoms with E-state index in [0.29, 0.717) is 55.0 Å². The molecule has 0 spiro atoms. The standard InChI is InChI=1S/C30H31F4N5O2/c1-35-24-18-20(30(32,33)34)9-10-25(24)39-15-12-29(13-16-39,37-27(40)11-14-38(2)3)21-17-23(31)28(36-19-21)22-7-5-6-8-26(22)41-4/h5-10,17-19H,11-16H2,2-4H3,(H,37,40). The number of benzene rings is 2. The van der Waals surface area contributed by atoms with Crippen LogP contribution in [0.25, 0.3) is 16.1 Å². The average molecular weight is 570 g/mol. The molecule has 1 amide bonds. The zero-order valence-electron chi connectivity index (χ0n) is 23.1. The zero-order chi connectivity index (χ0) is 29.8. The van der Waals surface area contributed by atoms with Crippen molar-refractivity contribution in [3.63, 3.8) is 0 Å². The van der Waals surface area contributed by atoms with Gasteiger partial charge in [0.15, 0.2) is 0 Å². The lowest BCUT2D eigenvalue weighted by atomic mass is 9.80. The monoisotopic (exact) mass is 569 g/mol. The fourth-order valence-electron chi connectivity index (χ4n) is 5.06. The van der Waals surface area contributed by atoms with Crippen molar-refractivity contribution in [3.05, 3.63) is 83.1 Å². The number of amides is 1. The van der Waals surface area contributed by atoms with Gasteiger partial charge in [0.05, 0.1) is 19.2 Å². The SMILES string of the molecule is [C-]#[N+]c1cc(C(F)(F)F)ccc1N1CCC(NC(=O)CCN(C)C)(c2cnc(-c3ccccc3OC)c(F)c2)CC1. The summed E-state index contributed by atoms with van der Waals surface area (Å²) in [7, 11) is 5.21. The van der Waals surface area contributed by atoms with Gasteiger partial charge in [0, 0.05) is 49.1 Å². The summed E-state index contributed by atoms with van der Waals surface area (Å²) in [6.45, 7) is 8.60. The Morgan fingerprint density at radius 1 is 1.17 bits per heavy atom. The number of nitrogens with zero attached hydrogens (tertiary/aromatic N) is 4. The first-order valence-corrected chi connectivity index (χ1v) is 13.1. The number of aromatic nitrogens is 1. The molecule has 1 fully saturated rings. The molecule has 0 atom stereocenters. The number of anilines is 1. The van der Waals surface area contributed by atoms with Gasteiger partial charge in [-0.05, 0) is 62.8 Å². The van der Waals surface area contributed by atoms with Crippen LogP contribution < -0.4 is 15.0 Å². The molecule has 0 aliphatic carbocycles. The van der Waals surface area contributed by atoms with Crippen LogP contribution in [0.2, 0.25) is 0 Å². The second-order valence-electron chi connectivity index (χ2n) is 10.2. The summed E-state index contributed by atoms with van der Waals surface area (Å²) in [4.78, 5) is 24.5. The van der Waals surface area contributed by atoms with Crippen LogP contribution in [0.15, 0.2) is 54.7 Å². The van der Waals surface area contributed by atoms with Gasteiger partial charge in [-0.2, -0.15) is 13.2 Å². The van der Waals surface area contributed by atoms with Crippen LogP contribution in [0.5, 0.6) is 5.75 Å². The largest absolute Gasteiger partial charge is 0.496 e. The molecular weight excluding hydrogens is 538 g/mol. The number of hydrogen-bond acceptors (Lipinski definition) is 5. The summed E-state index contributed by atoms with van der Waals surface area (Å²) < 4.78 is 60.6. The first kappa shape index (κ1) is 29.8. The molecular formula is C30H31F4N5O2. The van der Waals surface area contributed by atoms with E-state index in [1.54, 1.807) is 30.5 Å². The maximum atomic E-state index is 15.6. The fraction of sp³-hybridized carbons (Fsp3) is 0.367. The Morgan fingerprint density at radius 3 is 2.49 bits per heavy atom. The molecule has 11 heteroatoms. The Kier molecular flexibility index (Phi) is 8.83. The van der Waals surface area contributed by atoms with Crippen LogP contribution in [0.3, 0.4) is 0 Å². The van der Waals surface area contributed by atoms with Gasteiger partial charge in [0.25, 0.3) is 0 Å². The Bertz CT molecular complexity index is 1440. The molecule has 0 saturated carbocycles. The maximum Gasteiger partial charge on any atom is 0.415 e. The number of nitrogens with one attached hydrogen (secondary N) is 1. The zero-order valence-corrected chi connectivity index (χ0v) is 23.1. The number of carbonyl (C=O) groups excluding carboxylic acids is 1. The Labute approximate surface area is 236 Å². The summed E-state index contributed by atoms with van der Waals surface area (Å²) in [6, 6.07) is 11.4. The molecule has 2 heterocycles. The number of halogens is 4. The number of para-hydroxylation sites is 1. The molecule has 1 aromatic heterocycles. The van der Waals surface area contributed by atoms with Crippen LogP contribution >= 0.6 is 0 Å². The summed E-state index contributed by atoms with van der Waals surface area (Å²) in [5.41, 5.74) is -0.464. The van der Waals surface area contributed by atoms with Gasteiger partial charge in [0.2, 0.25) is 11.6 Å². The number of rotatable bonds is 8. The highest BCUT2D eigenvalue weighted by Crippen LogP contribution is 2.41. The van der Waals surface area contributed by atoms with E-state index in [-0.39, 0.29) is 23.7 Å². The minimum Gasteiger partial charge on any atom is -0.496 e. The van der Waals surface area contributed by atoms with E-state index in [2.05, 4.69) is 15.1 Å². The van der Waals surface area contributed by atoms with Gasteiger partial charge in [-0.15, -0.1) is 0 Å². The molecule has 1 aliphatic rings. The summed E-state index contributed by atoms with van der Waals surface area (Å²) in [6.07, 6.45) is -2.12. The van der Waals surface area contributed by atoms with Crippen molar-refractivity contribution in [3.8, 4) is 17.0 Å². The van der Waals surface area contributed by atoms with Crippen molar-refractivity contribution in [2.45, 2.75) is 31.0 Å². The molecule has 2 aromatic carbocycles. The van der Waals surface area contributed by atoms with Crippen LogP contribution in [0, 0.1) is 12.4 Å². The molecule has 0 radical (unpaired) electrons.